The lowest BCUT2D eigenvalue weighted by Gasteiger charge is -2.06. The molecule has 1 N–H and O–H groups in total. The number of ether oxygens (including phenoxy) is 1. The van der Waals surface area contributed by atoms with Gasteiger partial charge in [0.2, 0.25) is 0 Å². The SMILES string of the molecule is O=c1c(Br)c(Cl)ncn1CCOCCO. The molecule has 0 atom stereocenters. The van der Waals surface area contributed by atoms with E-state index in [1.54, 1.807) is 0 Å². The van der Waals surface area contributed by atoms with Crippen molar-refractivity contribution in [3.8, 4) is 0 Å². The van der Waals surface area contributed by atoms with Crippen LogP contribution in [-0.2, 0) is 11.3 Å². The zero-order valence-electron chi connectivity index (χ0n) is 7.82. The van der Waals surface area contributed by atoms with Crippen molar-refractivity contribution in [3.63, 3.8) is 0 Å². The van der Waals surface area contributed by atoms with Crippen LogP contribution in [0.5, 0.6) is 0 Å². The zero-order valence-corrected chi connectivity index (χ0v) is 10.2. The third kappa shape index (κ3) is 3.57. The van der Waals surface area contributed by atoms with Gasteiger partial charge in [0.15, 0.2) is 5.15 Å². The second-order valence-corrected chi connectivity index (χ2v) is 3.83. The smallest absolute Gasteiger partial charge is 0.269 e. The number of aliphatic hydroxyl groups is 1. The van der Waals surface area contributed by atoms with Crippen molar-refractivity contribution in [1.29, 1.82) is 0 Å². The normalized spacial score (nSPS) is 10.6. The molecule has 0 fully saturated rings. The molecule has 1 aromatic rings. The van der Waals surface area contributed by atoms with Crippen LogP contribution < -0.4 is 5.56 Å². The van der Waals surface area contributed by atoms with E-state index >= 15 is 0 Å². The van der Waals surface area contributed by atoms with Crippen LogP contribution in [0.4, 0.5) is 0 Å². The Bertz CT molecular complexity index is 383. The minimum atomic E-state index is -0.248. The summed E-state index contributed by atoms with van der Waals surface area (Å²) in [5.74, 6) is 0. The maximum absolute atomic E-state index is 11.5. The molecule has 0 saturated carbocycles. The van der Waals surface area contributed by atoms with Gasteiger partial charge in [0, 0.05) is 0 Å². The standard InChI is InChI=1S/C8H10BrClN2O3/c9-6-7(10)11-5-12(8(6)14)1-3-15-4-2-13/h5,13H,1-4H2. The molecule has 84 valence electrons. The molecule has 7 heteroatoms. The molecule has 0 aliphatic heterocycles. The molecule has 0 bridgehead atoms. The molecule has 0 amide bonds. The first-order valence-electron chi connectivity index (χ1n) is 4.26. The molecule has 15 heavy (non-hydrogen) atoms. The molecular formula is C8H10BrClN2O3. The minimum Gasteiger partial charge on any atom is -0.394 e. The Hall–Kier alpha value is -0.430. The maximum Gasteiger partial charge on any atom is 0.269 e. The lowest BCUT2D eigenvalue weighted by Crippen LogP contribution is -2.23. The van der Waals surface area contributed by atoms with Crippen LogP contribution in [0.15, 0.2) is 15.6 Å². The van der Waals surface area contributed by atoms with Gasteiger partial charge in [-0.1, -0.05) is 11.6 Å². The van der Waals surface area contributed by atoms with Crippen LogP contribution in [0.1, 0.15) is 0 Å². The second-order valence-electron chi connectivity index (χ2n) is 2.68. The van der Waals surface area contributed by atoms with E-state index in [9.17, 15) is 4.79 Å². The number of aliphatic hydroxyl groups excluding tert-OH is 1. The molecule has 1 heterocycles. The summed E-state index contributed by atoms with van der Waals surface area (Å²) in [6.07, 6.45) is 1.36. The Morgan fingerprint density at radius 3 is 3.00 bits per heavy atom. The summed E-state index contributed by atoms with van der Waals surface area (Å²) >= 11 is 8.68. The van der Waals surface area contributed by atoms with E-state index in [1.165, 1.54) is 10.9 Å². The van der Waals surface area contributed by atoms with E-state index in [4.69, 9.17) is 21.4 Å². The first-order chi connectivity index (χ1) is 7.16. The molecule has 0 aliphatic carbocycles. The van der Waals surface area contributed by atoms with Gasteiger partial charge in [-0.3, -0.25) is 9.36 Å². The number of hydrogen-bond donors (Lipinski definition) is 1. The van der Waals surface area contributed by atoms with Crippen LogP contribution in [0, 0.1) is 0 Å². The van der Waals surface area contributed by atoms with Gasteiger partial charge in [-0.25, -0.2) is 4.98 Å². The van der Waals surface area contributed by atoms with E-state index < -0.39 is 0 Å². The molecule has 0 spiro atoms. The predicted octanol–water partition coefficient (Wildman–Crippen LogP) is 0.668. The van der Waals surface area contributed by atoms with Crippen molar-refractivity contribution in [3.05, 3.63) is 26.3 Å². The average molecular weight is 298 g/mol. The van der Waals surface area contributed by atoms with Gasteiger partial charge < -0.3 is 9.84 Å². The molecule has 0 radical (unpaired) electrons. The van der Waals surface area contributed by atoms with Crippen molar-refractivity contribution in [2.45, 2.75) is 6.54 Å². The van der Waals surface area contributed by atoms with Crippen LogP contribution >= 0.6 is 27.5 Å². The summed E-state index contributed by atoms with van der Waals surface area (Å²) in [7, 11) is 0. The molecule has 5 nitrogen and oxygen atoms in total. The summed E-state index contributed by atoms with van der Waals surface area (Å²) in [4.78, 5) is 15.4. The van der Waals surface area contributed by atoms with Crippen LogP contribution in [0.25, 0.3) is 0 Å². The van der Waals surface area contributed by atoms with E-state index in [-0.39, 0.29) is 28.4 Å². The summed E-state index contributed by atoms with van der Waals surface area (Å²) in [5, 5.41) is 8.61. The van der Waals surface area contributed by atoms with Gasteiger partial charge in [-0.05, 0) is 15.9 Å². The highest BCUT2D eigenvalue weighted by molar-refractivity contribution is 9.10. The maximum atomic E-state index is 11.5. The Labute approximate surface area is 99.8 Å². The highest BCUT2D eigenvalue weighted by Crippen LogP contribution is 2.13. The Morgan fingerprint density at radius 2 is 2.33 bits per heavy atom. The lowest BCUT2D eigenvalue weighted by atomic mass is 10.6. The highest BCUT2D eigenvalue weighted by atomic mass is 79.9. The first-order valence-corrected chi connectivity index (χ1v) is 5.43. The highest BCUT2D eigenvalue weighted by Gasteiger charge is 2.06. The van der Waals surface area contributed by atoms with Crippen LogP contribution in [0.3, 0.4) is 0 Å². The van der Waals surface area contributed by atoms with E-state index in [0.717, 1.165) is 0 Å². The van der Waals surface area contributed by atoms with Crippen LogP contribution in [-0.4, -0.2) is 34.5 Å². The van der Waals surface area contributed by atoms with Crippen molar-refractivity contribution < 1.29 is 9.84 Å². The summed E-state index contributed by atoms with van der Waals surface area (Å²) < 4.78 is 6.65. The Kier molecular flexibility index (Phi) is 5.24. The fraction of sp³-hybridized carbons (Fsp3) is 0.500. The van der Waals surface area contributed by atoms with E-state index in [2.05, 4.69) is 20.9 Å². The van der Waals surface area contributed by atoms with Crippen molar-refractivity contribution in [1.82, 2.24) is 9.55 Å². The molecule has 1 aromatic heterocycles. The second kappa shape index (κ2) is 6.22. The minimum absolute atomic E-state index is 0.0303. The largest absolute Gasteiger partial charge is 0.394 e. The van der Waals surface area contributed by atoms with E-state index in [1.807, 2.05) is 0 Å². The van der Waals surface area contributed by atoms with Crippen molar-refractivity contribution in [2.24, 2.45) is 0 Å². The first kappa shape index (κ1) is 12.6. The van der Waals surface area contributed by atoms with Crippen LogP contribution in [0.2, 0.25) is 5.15 Å². The quantitative estimate of drug-likeness (QED) is 0.641. The lowest BCUT2D eigenvalue weighted by molar-refractivity contribution is 0.0864. The van der Waals surface area contributed by atoms with Gasteiger partial charge in [0.25, 0.3) is 5.56 Å². The molecule has 0 aliphatic rings. The Balaban J connectivity index is 2.63. The van der Waals surface area contributed by atoms with Crippen molar-refractivity contribution >= 4 is 27.5 Å². The monoisotopic (exact) mass is 296 g/mol. The molecular weight excluding hydrogens is 287 g/mol. The van der Waals surface area contributed by atoms with Crippen molar-refractivity contribution in [2.75, 3.05) is 19.8 Å². The number of aromatic nitrogens is 2. The predicted molar refractivity (Wildman–Crippen MR) is 59.1 cm³/mol. The summed E-state index contributed by atoms with van der Waals surface area (Å²) in [6.45, 7) is 0.951. The summed E-state index contributed by atoms with van der Waals surface area (Å²) in [6, 6.07) is 0. The average Bonchev–Trinajstić information content (AvgIpc) is 2.24. The van der Waals surface area contributed by atoms with Gasteiger partial charge in [-0.15, -0.1) is 0 Å². The van der Waals surface area contributed by atoms with Gasteiger partial charge >= 0.3 is 0 Å². The number of hydrogen-bond acceptors (Lipinski definition) is 4. The zero-order chi connectivity index (χ0) is 11.3. The molecule has 0 aromatic carbocycles. The number of halogens is 2. The fourth-order valence-electron chi connectivity index (χ4n) is 0.933. The summed E-state index contributed by atoms with van der Waals surface area (Å²) in [5.41, 5.74) is -0.248. The number of nitrogens with zero attached hydrogens (tertiary/aromatic N) is 2. The molecule has 0 saturated heterocycles. The van der Waals surface area contributed by atoms with E-state index in [0.29, 0.717) is 13.2 Å². The molecule has 0 unspecified atom stereocenters. The van der Waals surface area contributed by atoms with Gasteiger partial charge in [0.1, 0.15) is 4.47 Å². The fourth-order valence-corrected chi connectivity index (χ4v) is 1.39. The molecule has 1 rings (SSSR count). The topological polar surface area (TPSA) is 64.4 Å². The third-order valence-electron chi connectivity index (χ3n) is 1.65. The number of rotatable bonds is 5. The third-order valence-corrected chi connectivity index (χ3v) is 2.88. The van der Waals surface area contributed by atoms with Gasteiger partial charge in [-0.2, -0.15) is 0 Å². The Morgan fingerprint density at radius 1 is 1.60 bits per heavy atom. The van der Waals surface area contributed by atoms with Gasteiger partial charge in [0.05, 0.1) is 32.7 Å².